The molecule has 0 saturated heterocycles. The Labute approximate surface area is 112 Å². The third kappa shape index (κ3) is 3.31. The summed E-state index contributed by atoms with van der Waals surface area (Å²) >= 11 is 0. The first-order valence-electron chi connectivity index (χ1n) is 5.91. The fraction of sp³-hybridized carbons (Fsp3) is 0.333. The number of carbonyl (C=O) groups excluding carboxylic acids is 1. The molecular formula is C12H15N3O3S. The van der Waals surface area contributed by atoms with E-state index in [-0.39, 0.29) is 16.9 Å². The Morgan fingerprint density at radius 2 is 2.32 bits per heavy atom. The Kier molecular flexibility index (Phi) is 4.16. The molecule has 102 valence electrons. The second-order valence-corrected chi connectivity index (χ2v) is 5.38. The predicted molar refractivity (Wildman–Crippen MR) is 73.0 cm³/mol. The summed E-state index contributed by atoms with van der Waals surface area (Å²) in [6.07, 6.45) is 0.834. The van der Waals surface area contributed by atoms with Gasteiger partial charge in [-0.05, 0) is 24.6 Å². The standard InChI is InChI=1S/C12H15N3O3S/c1-2-5-14-11(16)7-19(17)12-15-9-6-8(13)3-4-10(9)18-12/h3-4,6H,2,5,7,13H2,1H3,(H,14,16). The third-order valence-electron chi connectivity index (χ3n) is 2.42. The summed E-state index contributed by atoms with van der Waals surface area (Å²) in [5.74, 6) is -0.426. The number of aromatic nitrogens is 1. The number of fused-ring (bicyclic) bond motifs is 1. The van der Waals surface area contributed by atoms with Gasteiger partial charge in [-0.25, -0.2) is 9.19 Å². The minimum absolute atomic E-state index is 0.0484. The highest BCUT2D eigenvalue weighted by molar-refractivity contribution is 7.85. The Morgan fingerprint density at radius 3 is 3.05 bits per heavy atom. The van der Waals surface area contributed by atoms with E-state index in [0.29, 0.717) is 23.3 Å². The number of nitrogens with one attached hydrogen (secondary N) is 1. The summed E-state index contributed by atoms with van der Waals surface area (Å²) < 4.78 is 17.3. The van der Waals surface area contributed by atoms with Gasteiger partial charge >= 0.3 is 0 Å². The van der Waals surface area contributed by atoms with E-state index in [2.05, 4.69) is 10.3 Å². The first-order valence-corrected chi connectivity index (χ1v) is 7.23. The summed E-state index contributed by atoms with van der Waals surface area (Å²) in [5, 5.41) is 2.70. The van der Waals surface area contributed by atoms with E-state index in [1.54, 1.807) is 18.2 Å². The van der Waals surface area contributed by atoms with Gasteiger partial charge in [-0.1, -0.05) is 6.92 Å². The molecule has 1 aromatic carbocycles. The molecule has 1 unspecified atom stereocenters. The van der Waals surface area contributed by atoms with Gasteiger partial charge in [0.05, 0.1) is 0 Å². The van der Waals surface area contributed by atoms with Gasteiger partial charge in [0.25, 0.3) is 5.22 Å². The Hall–Kier alpha value is -1.89. The van der Waals surface area contributed by atoms with E-state index < -0.39 is 10.8 Å². The van der Waals surface area contributed by atoms with E-state index in [1.165, 1.54) is 0 Å². The highest BCUT2D eigenvalue weighted by atomic mass is 32.2. The Morgan fingerprint density at radius 1 is 1.53 bits per heavy atom. The molecule has 2 rings (SSSR count). The monoisotopic (exact) mass is 281 g/mol. The first-order chi connectivity index (χ1) is 9.10. The van der Waals surface area contributed by atoms with E-state index in [0.717, 1.165) is 6.42 Å². The molecule has 2 aromatic rings. The summed E-state index contributed by atoms with van der Waals surface area (Å²) in [5.41, 5.74) is 7.22. The lowest BCUT2D eigenvalue weighted by Gasteiger charge is -2.00. The molecule has 1 heterocycles. The van der Waals surface area contributed by atoms with Crippen LogP contribution >= 0.6 is 0 Å². The molecule has 0 saturated carbocycles. The van der Waals surface area contributed by atoms with Crippen LogP contribution in [-0.2, 0) is 15.6 Å². The molecule has 0 aliphatic carbocycles. The molecule has 19 heavy (non-hydrogen) atoms. The van der Waals surface area contributed by atoms with Gasteiger partial charge in [-0.2, -0.15) is 0 Å². The number of hydrogen-bond donors (Lipinski definition) is 2. The Balaban J connectivity index is 2.11. The minimum atomic E-state index is -1.59. The summed E-state index contributed by atoms with van der Waals surface area (Å²) in [6.45, 7) is 2.52. The second kappa shape index (κ2) is 5.83. The average Bonchev–Trinajstić information content (AvgIpc) is 2.79. The van der Waals surface area contributed by atoms with Gasteiger partial charge in [-0.15, -0.1) is 0 Å². The molecule has 1 atom stereocenters. The average molecular weight is 281 g/mol. The van der Waals surface area contributed by atoms with Gasteiger partial charge in [0, 0.05) is 12.2 Å². The maximum Gasteiger partial charge on any atom is 0.288 e. The number of oxazole rings is 1. The van der Waals surface area contributed by atoms with Crippen LogP contribution in [0.4, 0.5) is 5.69 Å². The Bertz CT molecular complexity index is 624. The van der Waals surface area contributed by atoms with Crippen LogP contribution in [0.5, 0.6) is 0 Å². The number of rotatable bonds is 5. The van der Waals surface area contributed by atoms with Gasteiger partial charge < -0.3 is 15.5 Å². The molecule has 1 amide bonds. The van der Waals surface area contributed by atoms with Crippen molar-refractivity contribution in [3.8, 4) is 0 Å². The van der Waals surface area contributed by atoms with Crippen LogP contribution in [0.15, 0.2) is 27.8 Å². The molecule has 0 aliphatic heterocycles. The molecule has 0 spiro atoms. The number of nitrogens with zero attached hydrogens (tertiary/aromatic N) is 1. The van der Waals surface area contributed by atoms with Crippen molar-refractivity contribution in [2.45, 2.75) is 18.6 Å². The fourth-order valence-corrected chi connectivity index (χ4v) is 2.36. The van der Waals surface area contributed by atoms with Crippen molar-refractivity contribution in [3.63, 3.8) is 0 Å². The molecule has 3 N–H and O–H groups in total. The van der Waals surface area contributed by atoms with Gasteiger partial charge in [0.2, 0.25) is 5.91 Å². The van der Waals surface area contributed by atoms with Crippen LogP contribution in [-0.4, -0.2) is 27.4 Å². The van der Waals surface area contributed by atoms with Crippen molar-refractivity contribution >= 4 is 33.5 Å². The number of nitrogens with two attached hydrogens (primary N) is 1. The first kappa shape index (κ1) is 13.5. The van der Waals surface area contributed by atoms with Crippen LogP contribution in [0, 0.1) is 0 Å². The number of carbonyl (C=O) groups is 1. The van der Waals surface area contributed by atoms with Crippen LogP contribution in [0.1, 0.15) is 13.3 Å². The lowest BCUT2D eigenvalue weighted by molar-refractivity contribution is -0.118. The zero-order valence-electron chi connectivity index (χ0n) is 10.5. The second-order valence-electron chi connectivity index (χ2n) is 4.05. The van der Waals surface area contributed by atoms with E-state index in [9.17, 15) is 9.00 Å². The zero-order valence-corrected chi connectivity index (χ0v) is 11.3. The van der Waals surface area contributed by atoms with Crippen molar-refractivity contribution in [1.82, 2.24) is 10.3 Å². The van der Waals surface area contributed by atoms with Crippen LogP contribution in [0.25, 0.3) is 11.1 Å². The third-order valence-corrected chi connectivity index (χ3v) is 3.51. The minimum Gasteiger partial charge on any atom is -0.430 e. The zero-order chi connectivity index (χ0) is 13.8. The van der Waals surface area contributed by atoms with Gasteiger partial charge in [0.15, 0.2) is 5.58 Å². The predicted octanol–water partition coefficient (Wildman–Crippen LogP) is 1.04. The van der Waals surface area contributed by atoms with Gasteiger partial charge in [-0.3, -0.25) is 4.79 Å². The molecule has 0 radical (unpaired) electrons. The highest BCUT2D eigenvalue weighted by Crippen LogP contribution is 2.20. The highest BCUT2D eigenvalue weighted by Gasteiger charge is 2.16. The number of hydrogen-bond acceptors (Lipinski definition) is 5. The summed E-state index contributed by atoms with van der Waals surface area (Å²) in [4.78, 5) is 15.5. The van der Waals surface area contributed by atoms with E-state index in [4.69, 9.17) is 10.2 Å². The fourth-order valence-electron chi connectivity index (χ4n) is 1.52. The lowest BCUT2D eigenvalue weighted by Crippen LogP contribution is -2.28. The smallest absolute Gasteiger partial charge is 0.288 e. The molecular weight excluding hydrogens is 266 g/mol. The molecule has 7 heteroatoms. The van der Waals surface area contributed by atoms with E-state index >= 15 is 0 Å². The summed E-state index contributed by atoms with van der Waals surface area (Å²) in [7, 11) is -1.59. The molecule has 0 aliphatic rings. The number of benzene rings is 1. The van der Waals surface area contributed by atoms with Crippen LogP contribution in [0.2, 0.25) is 0 Å². The van der Waals surface area contributed by atoms with Gasteiger partial charge in [0.1, 0.15) is 22.1 Å². The van der Waals surface area contributed by atoms with Crippen molar-refractivity contribution in [1.29, 1.82) is 0 Å². The molecule has 6 nitrogen and oxygen atoms in total. The number of amides is 1. The van der Waals surface area contributed by atoms with Crippen molar-refractivity contribution in [2.75, 3.05) is 18.0 Å². The number of nitrogen functional groups attached to an aromatic ring is 1. The maximum atomic E-state index is 11.9. The molecule has 0 bridgehead atoms. The molecule has 1 aromatic heterocycles. The summed E-state index contributed by atoms with van der Waals surface area (Å²) in [6, 6.07) is 4.97. The molecule has 0 fully saturated rings. The van der Waals surface area contributed by atoms with Crippen LogP contribution in [0.3, 0.4) is 0 Å². The van der Waals surface area contributed by atoms with E-state index in [1.807, 2.05) is 6.92 Å². The SMILES string of the molecule is CCCNC(=O)CS(=O)c1nc2cc(N)ccc2o1. The topological polar surface area (TPSA) is 98.2 Å². The lowest BCUT2D eigenvalue weighted by atomic mass is 10.3. The quantitative estimate of drug-likeness (QED) is 0.798. The van der Waals surface area contributed by atoms with Crippen molar-refractivity contribution in [3.05, 3.63) is 18.2 Å². The van der Waals surface area contributed by atoms with Crippen molar-refractivity contribution in [2.24, 2.45) is 0 Å². The largest absolute Gasteiger partial charge is 0.430 e. The normalized spacial score (nSPS) is 12.5. The van der Waals surface area contributed by atoms with Crippen molar-refractivity contribution < 1.29 is 13.4 Å². The maximum absolute atomic E-state index is 11.9. The number of anilines is 1. The van der Waals surface area contributed by atoms with Crippen LogP contribution < -0.4 is 11.1 Å².